The fraction of sp³-hybridized carbons (Fsp3) is 0.833. The second-order valence-electron chi connectivity index (χ2n) is 2.85. The molecule has 1 rings (SSSR count). The van der Waals surface area contributed by atoms with E-state index >= 15 is 0 Å². The van der Waals surface area contributed by atoms with Crippen LogP contribution in [0.25, 0.3) is 0 Å². The number of epoxide rings is 1. The molecule has 70 valence electrons. The molecule has 0 aromatic heterocycles. The van der Waals surface area contributed by atoms with Gasteiger partial charge in [0, 0.05) is 0 Å². The maximum Gasteiger partial charge on any atom is 0.265 e. The molecule has 1 aliphatic heterocycles. The quantitative estimate of drug-likeness (QED) is 0.343. The molecule has 6 heteroatoms. The monoisotopic (exact) mass is 231 g/mol. The molecule has 0 saturated carbocycles. The van der Waals surface area contributed by atoms with Crippen LogP contribution in [0.1, 0.15) is 6.92 Å². The fourth-order valence-electron chi connectivity index (χ4n) is 0.513. The molecular formula is C6H8Cl3NO2. The van der Waals surface area contributed by atoms with Gasteiger partial charge < -0.3 is 9.47 Å². The standard InChI is InChI=1S/C6H8Cl3NO2/c1-5(3-12-5)2-11-4(10)6(7,8)9/h10H,2-3H2,1H3/t5-/m1/s1. The summed E-state index contributed by atoms with van der Waals surface area (Å²) in [6.45, 7) is 2.73. The predicted molar refractivity (Wildman–Crippen MR) is 48.3 cm³/mol. The summed E-state index contributed by atoms with van der Waals surface area (Å²) in [5, 5.41) is 7.17. The molecule has 1 heterocycles. The molecule has 1 fully saturated rings. The number of ether oxygens (including phenoxy) is 2. The largest absolute Gasteiger partial charge is 0.475 e. The van der Waals surface area contributed by atoms with Gasteiger partial charge in [0.25, 0.3) is 3.79 Å². The molecule has 0 aromatic carbocycles. The van der Waals surface area contributed by atoms with Crippen LogP contribution in [0.15, 0.2) is 0 Å². The molecule has 1 atom stereocenters. The molecule has 1 N–H and O–H groups in total. The van der Waals surface area contributed by atoms with Crippen molar-refractivity contribution in [3.05, 3.63) is 0 Å². The molecule has 0 unspecified atom stereocenters. The Kier molecular flexibility index (Phi) is 2.78. The van der Waals surface area contributed by atoms with Gasteiger partial charge in [0.15, 0.2) is 0 Å². The first-order chi connectivity index (χ1) is 5.33. The maximum absolute atomic E-state index is 7.17. The van der Waals surface area contributed by atoms with E-state index in [-0.39, 0.29) is 18.1 Å². The lowest BCUT2D eigenvalue weighted by molar-refractivity contribution is 0.190. The van der Waals surface area contributed by atoms with Crippen LogP contribution in [0.5, 0.6) is 0 Å². The minimum absolute atomic E-state index is 0.250. The van der Waals surface area contributed by atoms with Gasteiger partial charge in [0.2, 0.25) is 5.90 Å². The summed E-state index contributed by atoms with van der Waals surface area (Å²) >= 11 is 16.1. The zero-order valence-electron chi connectivity index (χ0n) is 6.36. The van der Waals surface area contributed by atoms with Crippen LogP contribution in [0.3, 0.4) is 0 Å². The smallest absolute Gasteiger partial charge is 0.265 e. The van der Waals surface area contributed by atoms with E-state index < -0.39 is 3.79 Å². The Morgan fingerprint density at radius 1 is 1.67 bits per heavy atom. The Hall–Kier alpha value is 0.300. The van der Waals surface area contributed by atoms with Crippen LogP contribution in [0.2, 0.25) is 0 Å². The van der Waals surface area contributed by atoms with Crippen molar-refractivity contribution >= 4 is 40.7 Å². The van der Waals surface area contributed by atoms with E-state index in [4.69, 9.17) is 49.7 Å². The number of rotatable bonds is 2. The topological polar surface area (TPSA) is 45.6 Å². The lowest BCUT2D eigenvalue weighted by atomic mass is 10.2. The molecule has 0 bridgehead atoms. The lowest BCUT2D eigenvalue weighted by Crippen LogP contribution is -2.26. The molecule has 3 nitrogen and oxygen atoms in total. The first-order valence-corrected chi connectivity index (χ1v) is 4.39. The number of hydrogen-bond acceptors (Lipinski definition) is 3. The van der Waals surface area contributed by atoms with Gasteiger partial charge in [-0.15, -0.1) is 0 Å². The first kappa shape index (κ1) is 10.4. The van der Waals surface area contributed by atoms with Gasteiger partial charge in [-0.2, -0.15) is 0 Å². The highest BCUT2D eigenvalue weighted by Crippen LogP contribution is 2.30. The van der Waals surface area contributed by atoms with Gasteiger partial charge in [-0.05, 0) is 6.92 Å². The Morgan fingerprint density at radius 2 is 2.17 bits per heavy atom. The van der Waals surface area contributed by atoms with Gasteiger partial charge in [-0.25, -0.2) is 0 Å². The van der Waals surface area contributed by atoms with Crippen molar-refractivity contribution in [2.75, 3.05) is 13.2 Å². The summed E-state index contributed by atoms with van der Waals surface area (Å²) in [6, 6.07) is 0. The predicted octanol–water partition coefficient (Wildman–Crippen LogP) is 2.14. The molecule has 0 radical (unpaired) electrons. The van der Waals surface area contributed by atoms with E-state index in [2.05, 4.69) is 0 Å². The second-order valence-corrected chi connectivity index (χ2v) is 5.14. The number of halogens is 3. The van der Waals surface area contributed by atoms with Crippen molar-refractivity contribution in [3.63, 3.8) is 0 Å². The molecule has 1 saturated heterocycles. The summed E-state index contributed by atoms with van der Waals surface area (Å²) in [7, 11) is 0. The van der Waals surface area contributed by atoms with E-state index in [9.17, 15) is 0 Å². The van der Waals surface area contributed by atoms with Crippen molar-refractivity contribution < 1.29 is 9.47 Å². The Morgan fingerprint density at radius 3 is 2.50 bits per heavy atom. The summed E-state index contributed by atoms with van der Waals surface area (Å²) < 4.78 is 8.13. The summed E-state index contributed by atoms with van der Waals surface area (Å²) in [6.07, 6.45) is 0. The highest BCUT2D eigenvalue weighted by atomic mass is 35.6. The Bertz CT molecular complexity index is 197. The first-order valence-electron chi connectivity index (χ1n) is 3.26. The zero-order valence-corrected chi connectivity index (χ0v) is 8.63. The van der Waals surface area contributed by atoms with Gasteiger partial charge >= 0.3 is 0 Å². The second kappa shape index (κ2) is 3.22. The Balaban J connectivity index is 2.28. The Labute approximate surface area is 85.4 Å². The zero-order chi connectivity index (χ0) is 9.41. The van der Waals surface area contributed by atoms with Crippen molar-refractivity contribution in [1.29, 1.82) is 5.41 Å². The molecule has 1 aliphatic rings. The third-order valence-corrected chi connectivity index (χ3v) is 1.93. The highest BCUT2D eigenvalue weighted by molar-refractivity contribution is 6.76. The van der Waals surface area contributed by atoms with E-state index in [1.807, 2.05) is 6.92 Å². The average Bonchev–Trinajstić information content (AvgIpc) is 2.62. The third kappa shape index (κ3) is 2.98. The normalized spacial score (nSPS) is 28.3. The van der Waals surface area contributed by atoms with Gasteiger partial charge in [-0.1, -0.05) is 34.8 Å². The number of nitrogens with one attached hydrogen (secondary N) is 1. The van der Waals surface area contributed by atoms with E-state index in [0.29, 0.717) is 6.61 Å². The van der Waals surface area contributed by atoms with Gasteiger partial charge in [-0.3, -0.25) is 5.41 Å². The summed E-state index contributed by atoms with van der Waals surface area (Å²) in [5.41, 5.74) is -0.289. The van der Waals surface area contributed by atoms with Gasteiger partial charge in [0.1, 0.15) is 12.2 Å². The van der Waals surface area contributed by atoms with Crippen molar-refractivity contribution in [2.45, 2.75) is 16.3 Å². The van der Waals surface area contributed by atoms with Crippen LogP contribution in [0.4, 0.5) is 0 Å². The third-order valence-electron chi connectivity index (χ3n) is 1.42. The van der Waals surface area contributed by atoms with E-state index in [1.54, 1.807) is 0 Å². The van der Waals surface area contributed by atoms with E-state index in [1.165, 1.54) is 0 Å². The SMILES string of the molecule is C[C@@]1(COC(=N)C(Cl)(Cl)Cl)CO1. The van der Waals surface area contributed by atoms with Crippen LogP contribution >= 0.6 is 34.8 Å². The molecule has 0 aliphatic carbocycles. The van der Waals surface area contributed by atoms with E-state index in [0.717, 1.165) is 0 Å². The average molecular weight is 232 g/mol. The lowest BCUT2D eigenvalue weighted by Gasteiger charge is -2.14. The molecule has 0 amide bonds. The fourth-order valence-corrected chi connectivity index (χ4v) is 0.677. The van der Waals surface area contributed by atoms with Crippen LogP contribution in [0, 0.1) is 5.41 Å². The summed E-state index contributed by atoms with van der Waals surface area (Å²) in [4.78, 5) is 0. The van der Waals surface area contributed by atoms with Crippen LogP contribution < -0.4 is 0 Å². The van der Waals surface area contributed by atoms with Gasteiger partial charge in [0.05, 0.1) is 6.61 Å². The summed E-state index contributed by atoms with van der Waals surface area (Å²) in [5.74, 6) is -0.371. The van der Waals surface area contributed by atoms with Crippen molar-refractivity contribution in [3.8, 4) is 0 Å². The van der Waals surface area contributed by atoms with Crippen LogP contribution in [-0.4, -0.2) is 28.5 Å². The highest BCUT2D eigenvalue weighted by Gasteiger charge is 2.41. The molecule has 12 heavy (non-hydrogen) atoms. The van der Waals surface area contributed by atoms with Crippen molar-refractivity contribution in [1.82, 2.24) is 0 Å². The minimum atomic E-state index is -1.77. The van der Waals surface area contributed by atoms with Crippen LogP contribution in [-0.2, 0) is 9.47 Å². The molecular weight excluding hydrogens is 224 g/mol. The maximum atomic E-state index is 7.17. The van der Waals surface area contributed by atoms with Crippen molar-refractivity contribution in [2.24, 2.45) is 0 Å². The number of alkyl halides is 3. The number of hydrogen-bond donors (Lipinski definition) is 1. The molecule has 0 spiro atoms. The minimum Gasteiger partial charge on any atom is -0.475 e. The molecule has 0 aromatic rings.